The molecule has 0 aliphatic heterocycles. The number of rotatable bonds is 4. The number of benzene rings is 2. The lowest BCUT2D eigenvalue weighted by Gasteiger charge is -2.17. The smallest absolute Gasteiger partial charge is 0.327 e. The van der Waals surface area contributed by atoms with Gasteiger partial charge in [0.1, 0.15) is 0 Å². The van der Waals surface area contributed by atoms with Gasteiger partial charge in [-0.3, -0.25) is 4.72 Å². The van der Waals surface area contributed by atoms with Crippen LogP contribution in [0.4, 0.5) is 4.79 Å². The van der Waals surface area contributed by atoms with E-state index in [-0.39, 0.29) is 6.03 Å². The molecular formula is C19H21N3OS. The summed E-state index contributed by atoms with van der Waals surface area (Å²) in [7, 11) is 3.84. The molecule has 0 saturated carbocycles. The second-order valence-electron chi connectivity index (χ2n) is 5.96. The minimum absolute atomic E-state index is 0.102. The Bertz CT molecular complexity index is 872. The number of fused-ring (bicyclic) bond motifs is 1. The Morgan fingerprint density at radius 1 is 1.21 bits per heavy atom. The van der Waals surface area contributed by atoms with Gasteiger partial charge in [-0.1, -0.05) is 30.3 Å². The second kappa shape index (κ2) is 7.01. The minimum atomic E-state index is -0.102. The molecule has 124 valence electrons. The van der Waals surface area contributed by atoms with E-state index in [0.29, 0.717) is 6.54 Å². The largest absolute Gasteiger partial charge is 0.350 e. The summed E-state index contributed by atoms with van der Waals surface area (Å²) in [5, 5.41) is 1.19. The zero-order chi connectivity index (χ0) is 17.1. The van der Waals surface area contributed by atoms with E-state index in [1.807, 2.05) is 51.4 Å². The highest BCUT2D eigenvalue weighted by atomic mass is 32.2. The van der Waals surface area contributed by atoms with Crippen molar-refractivity contribution < 1.29 is 4.79 Å². The fourth-order valence-corrected chi connectivity index (χ4v) is 3.49. The van der Waals surface area contributed by atoms with Crippen molar-refractivity contribution in [3.63, 3.8) is 0 Å². The number of nitrogens with one attached hydrogen (secondary N) is 1. The van der Waals surface area contributed by atoms with E-state index in [1.165, 1.54) is 28.4 Å². The first-order chi connectivity index (χ1) is 11.5. The van der Waals surface area contributed by atoms with Crippen LogP contribution in [-0.2, 0) is 13.6 Å². The second-order valence-corrected chi connectivity index (χ2v) is 6.84. The molecule has 2 amide bonds. The Labute approximate surface area is 146 Å². The number of hydrogen-bond acceptors (Lipinski definition) is 2. The van der Waals surface area contributed by atoms with Crippen LogP contribution in [-0.4, -0.2) is 22.5 Å². The number of aromatic nitrogens is 1. The molecule has 0 spiro atoms. The van der Waals surface area contributed by atoms with E-state index >= 15 is 0 Å². The lowest BCUT2D eigenvalue weighted by atomic mass is 10.2. The summed E-state index contributed by atoms with van der Waals surface area (Å²) in [5.74, 6) is 0. The molecule has 0 saturated heterocycles. The molecule has 0 aliphatic carbocycles. The Morgan fingerprint density at radius 3 is 2.79 bits per heavy atom. The molecule has 2 aromatic carbocycles. The van der Waals surface area contributed by atoms with Crippen molar-refractivity contribution in [1.29, 1.82) is 0 Å². The van der Waals surface area contributed by atoms with Gasteiger partial charge in [-0.15, -0.1) is 0 Å². The number of nitrogens with zero attached hydrogens (tertiary/aromatic N) is 2. The fourth-order valence-electron chi connectivity index (χ4n) is 2.74. The van der Waals surface area contributed by atoms with Gasteiger partial charge in [0.2, 0.25) is 0 Å². The van der Waals surface area contributed by atoms with E-state index in [0.717, 1.165) is 10.5 Å². The molecule has 5 heteroatoms. The fraction of sp³-hybridized carbons (Fsp3) is 0.211. The topological polar surface area (TPSA) is 37.3 Å². The standard InChI is InChI=1S/C19H21N3OS/c1-14-7-6-8-16(11-14)24-20-19(23)22(3)13-15-12-21(2)18-10-5-4-9-17(15)18/h4-12H,13H2,1-3H3,(H,20,23). The third kappa shape index (κ3) is 3.57. The normalized spacial score (nSPS) is 10.8. The van der Waals surface area contributed by atoms with Crippen LogP contribution in [0.2, 0.25) is 0 Å². The van der Waals surface area contributed by atoms with E-state index in [4.69, 9.17) is 0 Å². The molecule has 1 heterocycles. The van der Waals surface area contributed by atoms with E-state index in [2.05, 4.69) is 33.7 Å². The summed E-state index contributed by atoms with van der Waals surface area (Å²) in [4.78, 5) is 15.1. The first kappa shape index (κ1) is 16.5. The van der Waals surface area contributed by atoms with Crippen LogP contribution >= 0.6 is 11.9 Å². The predicted molar refractivity (Wildman–Crippen MR) is 100.0 cm³/mol. The highest BCUT2D eigenvalue weighted by Crippen LogP contribution is 2.22. The lowest BCUT2D eigenvalue weighted by Crippen LogP contribution is -2.33. The number of urea groups is 1. The van der Waals surface area contributed by atoms with Crippen molar-refractivity contribution in [2.24, 2.45) is 7.05 Å². The number of carbonyl (C=O) groups is 1. The Morgan fingerprint density at radius 2 is 2.00 bits per heavy atom. The first-order valence-corrected chi connectivity index (χ1v) is 8.64. The molecule has 0 unspecified atom stereocenters. The van der Waals surface area contributed by atoms with Crippen molar-refractivity contribution >= 4 is 28.9 Å². The number of aryl methyl sites for hydroxylation is 2. The maximum Gasteiger partial charge on any atom is 0.327 e. The predicted octanol–water partition coefficient (Wildman–Crippen LogP) is 4.34. The molecule has 0 fully saturated rings. The molecule has 0 atom stereocenters. The quantitative estimate of drug-likeness (QED) is 0.718. The SMILES string of the molecule is Cc1cccc(SNC(=O)N(C)Cc2cn(C)c3ccccc23)c1. The van der Waals surface area contributed by atoms with E-state index < -0.39 is 0 Å². The maximum atomic E-state index is 12.3. The van der Waals surface area contributed by atoms with E-state index in [9.17, 15) is 4.79 Å². The average Bonchev–Trinajstić information content (AvgIpc) is 2.89. The van der Waals surface area contributed by atoms with Crippen molar-refractivity contribution in [2.75, 3.05) is 7.05 Å². The molecule has 3 aromatic rings. The summed E-state index contributed by atoms with van der Waals surface area (Å²) >= 11 is 1.34. The molecule has 1 aromatic heterocycles. The number of hydrogen-bond donors (Lipinski definition) is 1. The van der Waals surface area contributed by atoms with Crippen LogP contribution in [0.15, 0.2) is 59.6 Å². The Kier molecular flexibility index (Phi) is 4.81. The van der Waals surface area contributed by atoms with Gasteiger partial charge in [0.25, 0.3) is 0 Å². The highest BCUT2D eigenvalue weighted by molar-refractivity contribution is 7.98. The van der Waals surface area contributed by atoms with Crippen LogP contribution in [0.25, 0.3) is 10.9 Å². The van der Waals surface area contributed by atoms with Gasteiger partial charge in [0, 0.05) is 42.6 Å². The van der Waals surface area contributed by atoms with Crippen LogP contribution in [0.3, 0.4) is 0 Å². The Hall–Kier alpha value is -2.40. The Balaban J connectivity index is 1.65. The highest BCUT2D eigenvalue weighted by Gasteiger charge is 2.13. The summed E-state index contributed by atoms with van der Waals surface area (Å²) in [5.41, 5.74) is 3.50. The van der Waals surface area contributed by atoms with Crippen LogP contribution in [0.1, 0.15) is 11.1 Å². The third-order valence-corrected chi connectivity index (χ3v) is 4.75. The monoisotopic (exact) mass is 339 g/mol. The summed E-state index contributed by atoms with van der Waals surface area (Å²) < 4.78 is 4.99. The molecule has 4 nitrogen and oxygen atoms in total. The first-order valence-electron chi connectivity index (χ1n) is 7.82. The minimum Gasteiger partial charge on any atom is -0.350 e. The number of para-hydroxylation sites is 1. The summed E-state index contributed by atoms with van der Waals surface area (Å²) in [6.45, 7) is 2.61. The third-order valence-electron chi connectivity index (χ3n) is 3.98. The van der Waals surface area contributed by atoms with Crippen LogP contribution in [0, 0.1) is 6.92 Å². The summed E-state index contributed by atoms with van der Waals surface area (Å²) in [6.07, 6.45) is 2.09. The number of carbonyl (C=O) groups excluding carboxylic acids is 1. The molecule has 0 aliphatic rings. The molecule has 0 radical (unpaired) electrons. The maximum absolute atomic E-state index is 12.3. The van der Waals surface area contributed by atoms with Gasteiger partial charge in [0.15, 0.2) is 0 Å². The van der Waals surface area contributed by atoms with Crippen molar-refractivity contribution in [3.05, 3.63) is 65.9 Å². The number of amides is 2. The molecule has 24 heavy (non-hydrogen) atoms. The average molecular weight is 339 g/mol. The van der Waals surface area contributed by atoms with Gasteiger partial charge < -0.3 is 9.47 Å². The van der Waals surface area contributed by atoms with Gasteiger partial charge in [-0.25, -0.2) is 4.79 Å². The van der Waals surface area contributed by atoms with Gasteiger partial charge in [-0.05, 0) is 48.2 Å². The molecule has 0 bridgehead atoms. The van der Waals surface area contributed by atoms with Gasteiger partial charge in [0.05, 0.1) is 0 Å². The van der Waals surface area contributed by atoms with E-state index in [1.54, 1.807) is 4.90 Å². The lowest BCUT2D eigenvalue weighted by molar-refractivity contribution is 0.214. The summed E-state index contributed by atoms with van der Waals surface area (Å²) in [6, 6.07) is 16.2. The van der Waals surface area contributed by atoms with Crippen molar-refractivity contribution in [1.82, 2.24) is 14.2 Å². The van der Waals surface area contributed by atoms with Crippen molar-refractivity contribution in [3.8, 4) is 0 Å². The zero-order valence-corrected chi connectivity index (χ0v) is 14.9. The zero-order valence-electron chi connectivity index (χ0n) is 14.1. The molecular weight excluding hydrogens is 318 g/mol. The van der Waals surface area contributed by atoms with Crippen molar-refractivity contribution in [2.45, 2.75) is 18.4 Å². The van der Waals surface area contributed by atoms with Gasteiger partial charge in [-0.2, -0.15) is 0 Å². The molecule has 1 N–H and O–H groups in total. The van der Waals surface area contributed by atoms with Gasteiger partial charge >= 0.3 is 6.03 Å². The van der Waals surface area contributed by atoms with Crippen LogP contribution < -0.4 is 4.72 Å². The van der Waals surface area contributed by atoms with Crippen LogP contribution in [0.5, 0.6) is 0 Å². The molecule has 3 rings (SSSR count).